The van der Waals surface area contributed by atoms with Crippen LogP contribution in [0.15, 0.2) is 103 Å². The van der Waals surface area contributed by atoms with E-state index in [2.05, 4.69) is 67.4 Å². The average Bonchev–Trinajstić information content (AvgIpc) is 3.68. The molecule has 0 saturated carbocycles. The number of amides is 2. The van der Waals surface area contributed by atoms with Gasteiger partial charge < -0.3 is 15.4 Å². The molecule has 2 atom stereocenters. The molecule has 0 spiro atoms. The highest BCUT2D eigenvalue weighted by Crippen LogP contribution is 2.30. The van der Waals surface area contributed by atoms with Crippen LogP contribution in [-0.4, -0.2) is 41.0 Å². The van der Waals surface area contributed by atoms with Crippen molar-refractivity contribution in [1.29, 1.82) is 0 Å². The SMILES string of the molecule is CCCCCCCOc1ccc(-c2cnc(-c3ccc(CC(NC(=O)c4ccc(C(C)(C)C)s4)C(=O)NCC(C)c4ccccc4)cc3)nc2)cc1. The second kappa shape index (κ2) is 18.6. The van der Waals surface area contributed by atoms with Gasteiger partial charge in [0.2, 0.25) is 5.91 Å². The van der Waals surface area contributed by atoms with Gasteiger partial charge in [0, 0.05) is 41.4 Å². The fourth-order valence-electron chi connectivity index (χ4n) is 5.87. The normalized spacial score (nSPS) is 12.6. The summed E-state index contributed by atoms with van der Waals surface area (Å²) in [6, 6.07) is 29.1. The van der Waals surface area contributed by atoms with E-state index in [0.717, 1.165) is 51.5 Å². The number of rotatable bonds is 17. The quantitative estimate of drug-likeness (QED) is 0.0935. The number of thiophene rings is 1. The number of nitrogens with one attached hydrogen (secondary N) is 2. The lowest BCUT2D eigenvalue weighted by Gasteiger charge is -2.20. The minimum absolute atomic E-state index is 0.0624. The number of benzene rings is 3. The predicted molar refractivity (Wildman–Crippen MR) is 213 cm³/mol. The van der Waals surface area contributed by atoms with Gasteiger partial charge in [-0.15, -0.1) is 11.3 Å². The molecule has 2 unspecified atom stereocenters. The Morgan fingerprint density at radius 2 is 1.46 bits per heavy atom. The van der Waals surface area contributed by atoms with Crippen LogP contribution in [0.3, 0.4) is 0 Å². The second-order valence-corrected chi connectivity index (χ2v) is 15.6. The highest BCUT2D eigenvalue weighted by molar-refractivity contribution is 7.14. The largest absolute Gasteiger partial charge is 0.494 e. The molecule has 2 amide bonds. The maximum atomic E-state index is 13.6. The van der Waals surface area contributed by atoms with E-state index in [0.29, 0.717) is 23.7 Å². The van der Waals surface area contributed by atoms with Crippen molar-refractivity contribution in [2.45, 2.75) is 90.5 Å². The summed E-state index contributed by atoms with van der Waals surface area (Å²) in [5.41, 5.74) is 4.83. The van der Waals surface area contributed by atoms with Crippen LogP contribution in [0.25, 0.3) is 22.5 Å². The molecule has 0 saturated heterocycles. The monoisotopic (exact) mass is 716 g/mol. The molecular formula is C44H52N4O3S. The standard InChI is InChI=1S/C44H52N4O3S/c1-6-7-8-9-13-26-51-37-22-20-34(21-23-37)36-29-45-41(46-30-36)35-18-16-32(17-19-35)27-38(42(49)47-28-31(2)33-14-11-10-12-15-33)48-43(50)39-24-25-40(52-39)44(3,4)5/h10-12,14-25,29-31,38H,6-9,13,26-28H2,1-5H3,(H,47,49)(H,48,50). The van der Waals surface area contributed by atoms with Gasteiger partial charge >= 0.3 is 0 Å². The number of carbonyl (C=O) groups is 2. The third-order valence-corrected chi connectivity index (χ3v) is 10.7. The summed E-state index contributed by atoms with van der Waals surface area (Å²) in [5.74, 6) is 1.15. The number of hydrogen-bond donors (Lipinski definition) is 2. The fourth-order valence-corrected chi connectivity index (χ4v) is 6.84. The molecule has 2 aromatic heterocycles. The number of aromatic nitrogens is 2. The lowest BCUT2D eigenvalue weighted by molar-refractivity contribution is -0.123. The van der Waals surface area contributed by atoms with E-state index in [9.17, 15) is 9.59 Å². The number of carbonyl (C=O) groups excluding carboxylic acids is 2. The third kappa shape index (κ3) is 11.1. The number of nitrogens with zero attached hydrogens (tertiary/aromatic N) is 2. The average molecular weight is 717 g/mol. The number of ether oxygens (including phenoxy) is 1. The molecule has 272 valence electrons. The van der Waals surface area contributed by atoms with Gasteiger partial charge in [-0.05, 0) is 58.7 Å². The first-order valence-electron chi connectivity index (χ1n) is 18.5. The zero-order valence-electron chi connectivity index (χ0n) is 31.2. The van der Waals surface area contributed by atoms with Crippen LogP contribution in [-0.2, 0) is 16.6 Å². The summed E-state index contributed by atoms with van der Waals surface area (Å²) in [6.45, 7) is 11.9. The second-order valence-electron chi connectivity index (χ2n) is 14.5. The third-order valence-electron chi connectivity index (χ3n) is 9.15. The molecular weight excluding hydrogens is 665 g/mol. The van der Waals surface area contributed by atoms with Crippen LogP contribution in [0, 0.1) is 0 Å². The Bertz CT molecular complexity index is 1850. The van der Waals surface area contributed by atoms with Crippen LogP contribution in [0.4, 0.5) is 0 Å². The summed E-state index contributed by atoms with van der Waals surface area (Å²) in [6.07, 6.45) is 10.1. The Morgan fingerprint density at radius 1 is 0.788 bits per heavy atom. The first-order chi connectivity index (χ1) is 25.1. The summed E-state index contributed by atoms with van der Waals surface area (Å²) in [7, 11) is 0. The van der Waals surface area contributed by atoms with E-state index >= 15 is 0 Å². The molecule has 0 aliphatic heterocycles. The van der Waals surface area contributed by atoms with Crippen LogP contribution in [0.1, 0.15) is 98.3 Å². The van der Waals surface area contributed by atoms with Crippen molar-refractivity contribution in [1.82, 2.24) is 20.6 Å². The van der Waals surface area contributed by atoms with Crippen LogP contribution < -0.4 is 15.4 Å². The van der Waals surface area contributed by atoms with E-state index in [1.54, 1.807) is 0 Å². The van der Waals surface area contributed by atoms with Crippen molar-refractivity contribution in [3.63, 3.8) is 0 Å². The summed E-state index contributed by atoms with van der Waals surface area (Å²) in [5, 5.41) is 6.11. The molecule has 8 heteroatoms. The summed E-state index contributed by atoms with van der Waals surface area (Å²) < 4.78 is 5.92. The first kappa shape index (κ1) is 38.4. The molecule has 5 rings (SSSR count). The minimum atomic E-state index is -0.750. The molecule has 2 N–H and O–H groups in total. The molecule has 2 heterocycles. The molecule has 0 aliphatic carbocycles. The molecule has 7 nitrogen and oxygen atoms in total. The molecule has 0 bridgehead atoms. The van der Waals surface area contributed by atoms with Gasteiger partial charge in [-0.3, -0.25) is 9.59 Å². The van der Waals surface area contributed by atoms with Crippen molar-refractivity contribution >= 4 is 23.2 Å². The predicted octanol–water partition coefficient (Wildman–Crippen LogP) is 9.78. The first-order valence-corrected chi connectivity index (χ1v) is 19.3. The zero-order chi connectivity index (χ0) is 36.9. The Kier molecular flexibility index (Phi) is 13.7. The van der Waals surface area contributed by atoms with E-state index < -0.39 is 6.04 Å². The summed E-state index contributed by atoms with van der Waals surface area (Å²) >= 11 is 1.47. The van der Waals surface area contributed by atoms with Crippen molar-refractivity contribution in [3.05, 3.63) is 124 Å². The fraction of sp³-hybridized carbons (Fsp3) is 0.364. The van der Waals surface area contributed by atoms with Gasteiger partial charge in [0.05, 0.1) is 11.5 Å². The smallest absolute Gasteiger partial charge is 0.262 e. The molecule has 0 radical (unpaired) electrons. The van der Waals surface area contributed by atoms with Crippen molar-refractivity contribution in [2.75, 3.05) is 13.2 Å². The lowest BCUT2D eigenvalue weighted by atomic mass is 9.95. The highest BCUT2D eigenvalue weighted by atomic mass is 32.1. The number of hydrogen-bond acceptors (Lipinski definition) is 6. The maximum absolute atomic E-state index is 13.6. The molecule has 52 heavy (non-hydrogen) atoms. The van der Waals surface area contributed by atoms with E-state index in [1.807, 2.05) is 91.3 Å². The van der Waals surface area contributed by atoms with E-state index in [4.69, 9.17) is 4.74 Å². The minimum Gasteiger partial charge on any atom is -0.494 e. The van der Waals surface area contributed by atoms with Gasteiger partial charge in [-0.1, -0.05) is 127 Å². The van der Waals surface area contributed by atoms with Crippen molar-refractivity contribution < 1.29 is 14.3 Å². The van der Waals surface area contributed by atoms with Crippen LogP contribution >= 0.6 is 11.3 Å². The molecule has 0 fully saturated rings. The van der Waals surface area contributed by atoms with Gasteiger partial charge in [0.25, 0.3) is 5.91 Å². The van der Waals surface area contributed by atoms with Crippen LogP contribution in [0.5, 0.6) is 5.75 Å². The Morgan fingerprint density at radius 3 is 2.12 bits per heavy atom. The summed E-state index contributed by atoms with van der Waals surface area (Å²) in [4.78, 5) is 38.0. The number of unbranched alkanes of at least 4 members (excludes halogenated alkanes) is 4. The van der Waals surface area contributed by atoms with Gasteiger partial charge in [-0.25, -0.2) is 9.97 Å². The van der Waals surface area contributed by atoms with Crippen molar-refractivity contribution in [2.24, 2.45) is 0 Å². The van der Waals surface area contributed by atoms with Gasteiger partial charge in [-0.2, -0.15) is 0 Å². The maximum Gasteiger partial charge on any atom is 0.262 e. The van der Waals surface area contributed by atoms with E-state index in [1.165, 1.54) is 37.0 Å². The Balaban J connectivity index is 1.22. The molecule has 3 aromatic carbocycles. The van der Waals surface area contributed by atoms with Crippen LogP contribution in [0.2, 0.25) is 0 Å². The highest BCUT2D eigenvalue weighted by Gasteiger charge is 2.25. The Labute approximate surface area is 313 Å². The molecule has 0 aliphatic rings. The van der Waals surface area contributed by atoms with Gasteiger partial charge in [0.15, 0.2) is 5.82 Å². The Hall–Kier alpha value is -4.82. The zero-order valence-corrected chi connectivity index (χ0v) is 32.0. The van der Waals surface area contributed by atoms with Gasteiger partial charge in [0.1, 0.15) is 11.8 Å². The van der Waals surface area contributed by atoms with E-state index in [-0.39, 0.29) is 23.1 Å². The lowest BCUT2D eigenvalue weighted by Crippen LogP contribution is -2.48. The van der Waals surface area contributed by atoms with Crippen molar-refractivity contribution in [3.8, 4) is 28.3 Å². The molecule has 5 aromatic rings. The topological polar surface area (TPSA) is 93.2 Å².